The highest BCUT2D eigenvalue weighted by Gasteiger charge is 2.26. The van der Waals surface area contributed by atoms with Gasteiger partial charge in [0.2, 0.25) is 0 Å². The summed E-state index contributed by atoms with van der Waals surface area (Å²) in [5.74, 6) is 0.0448. The third kappa shape index (κ3) is 7.80. The number of esters is 1. The van der Waals surface area contributed by atoms with Crippen molar-refractivity contribution >= 4 is 5.97 Å². The van der Waals surface area contributed by atoms with Gasteiger partial charge in [0.05, 0.1) is 18.1 Å². The number of rotatable bonds is 11. The molecule has 0 aromatic carbocycles. The van der Waals surface area contributed by atoms with Gasteiger partial charge in [-0.2, -0.15) is 0 Å². The molecule has 0 amide bonds. The SMILES string of the molecule is CC1=C(O)/C(=C/C(C)CC/C=C(\C)CC/C=C(\C)CCCc2ccoc2)OC1=O. The number of aliphatic hydroxyl groups excluding tert-OH is 1. The second kappa shape index (κ2) is 11.5. The molecule has 4 nitrogen and oxygen atoms in total. The van der Waals surface area contributed by atoms with Gasteiger partial charge in [0.25, 0.3) is 0 Å². The topological polar surface area (TPSA) is 59.7 Å². The molecule has 0 spiro atoms. The second-order valence-corrected chi connectivity index (χ2v) is 8.07. The molecular weight excluding hydrogens is 364 g/mol. The minimum absolute atomic E-state index is 0.0273. The lowest BCUT2D eigenvalue weighted by atomic mass is 10.0. The Bertz CT molecular complexity index is 791. The number of ether oxygens (including phenoxy) is 1. The van der Waals surface area contributed by atoms with Gasteiger partial charge in [-0.3, -0.25) is 0 Å². The van der Waals surface area contributed by atoms with Crippen LogP contribution in [0.3, 0.4) is 0 Å². The maximum Gasteiger partial charge on any atom is 0.343 e. The second-order valence-electron chi connectivity index (χ2n) is 8.07. The van der Waals surface area contributed by atoms with Gasteiger partial charge in [0.15, 0.2) is 11.5 Å². The largest absolute Gasteiger partial charge is 0.504 e. The van der Waals surface area contributed by atoms with E-state index in [1.807, 2.05) is 18.4 Å². The fourth-order valence-corrected chi connectivity index (χ4v) is 3.31. The first-order valence-corrected chi connectivity index (χ1v) is 10.5. The van der Waals surface area contributed by atoms with Gasteiger partial charge >= 0.3 is 5.97 Å². The third-order valence-electron chi connectivity index (χ3n) is 5.30. The van der Waals surface area contributed by atoms with Crippen molar-refractivity contribution in [3.8, 4) is 0 Å². The van der Waals surface area contributed by atoms with Gasteiger partial charge in [-0.1, -0.05) is 30.2 Å². The molecule has 1 aromatic rings. The van der Waals surface area contributed by atoms with Crippen molar-refractivity contribution in [2.45, 2.75) is 72.6 Å². The van der Waals surface area contributed by atoms with Crippen molar-refractivity contribution in [3.63, 3.8) is 0 Å². The van der Waals surface area contributed by atoms with E-state index in [2.05, 4.69) is 32.9 Å². The van der Waals surface area contributed by atoms with E-state index in [9.17, 15) is 9.90 Å². The summed E-state index contributed by atoms with van der Waals surface area (Å²) in [5.41, 5.74) is 4.41. The van der Waals surface area contributed by atoms with Crippen LogP contribution in [0.2, 0.25) is 0 Å². The molecule has 1 aromatic heterocycles. The van der Waals surface area contributed by atoms with Crippen molar-refractivity contribution in [2.24, 2.45) is 5.92 Å². The highest BCUT2D eigenvalue weighted by molar-refractivity contribution is 5.93. The molecule has 1 aliphatic rings. The molecule has 1 N–H and O–H groups in total. The summed E-state index contributed by atoms with van der Waals surface area (Å²) in [7, 11) is 0. The molecule has 1 aliphatic heterocycles. The lowest BCUT2D eigenvalue weighted by Crippen LogP contribution is -1.97. The molecule has 0 saturated carbocycles. The number of cyclic esters (lactones) is 1. The molecule has 158 valence electrons. The van der Waals surface area contributed by atoms with E-state index in [4.69, 9.17) is 9.15 Å². The Kier molecular flexibility index (Phi) is 9.04. The first kappa shape index (κ1) is 22.8. The van der Waals surface area contributed by atoms with Crippen LogP contribution >= 0.6 is 0 Å². The fraction of sp³-hybridized carbons (Fsp3) is 0.480. The predicted molar refractivity (Wildman–Crippen MR) is 116 cm³/mol. The molecule has 1 atom stereocenters. The zero-order valence-corrected chi connectivity index (χ0v) is 18.2. The van der Waals surface area contributed by atoms with Gasteiger partial charge in [0.1, 0.15) is 0 Å². The number of allylic oxidation sites excluding steroid dienone is 5. The van der Waals surface area contributed by atoms with Gasteiger partial charge in [-0.05, 0) is 89.3 Å². The fourth-order valence-electron chi connectivity index (χ4n) is 3.31. The normalized spacial score (nSPS) is 17.9. The number of furan rings is 1. The Morgan fingerprint density at radius 2 is 1.90 bits per heavy atom. The maximum absolute atomic E-state index is 11.4. The highest BCUT2D eigenvalue weighted by Crippen LogP contribution is 2.26. The molecule has 0 saturated heterocycles. The van der Waals surface area contributed by atoms with Crippen molar-refractivity contribution in [1.82, 2.24) is 0 Å². The summed E-state index contributed by atoms with van der Waals surface area (Å²) in [6.45, 7) is 8.04. The van der Waals surface area contributed by atoms with Crippen LogP contribution in [0.4, 0.5) is 0 Å². The number of hydrogen-bond donors (Lipinski definition) is 1. The Balaban J connectivity index is 1.64. The molecule has 0 bridgehead atoms. The molecule has 2 heterocycles. The van der Waals surface area contributed by atoms with E-state index in [0.29, 0.717) is 5.76 Å². The van der Waals surface area contributed by atoms with Crippen molar-refractivity contribution in [2.75, 3.05) is 0 Å². The van der Waals surface area contributed by atoms with Gasteiger partial charge in [-0.15, -0.1) is 0 Å². The van der Waals surface area contributed by atoms with Crippen LogP contribution in [0.5, 0.6) is 0 Å². The van der Waals surface area contributed by atoms with Crippen LogP contribution in [-0.2, 0) is 16.0 Å². The van der Waals surface area contributed by atoms with Crippen LogP contribution < -0.4 is 0 Å². The minimum atomic E-state index is -0.457. The summed E-state index contributed by atoms with van der Waals surface area (Å²) >= 11 is 0. The number of aryl methyl sites for hydroxylation is 1. The summed E-state index contributed by atoms with van der Waals surface area (Å²) in [5, 5.41) is 9.88. The van der Waals surface area contributed by atoms with Gasteiger partial charge < -0.3 is 14.3 Å². The van der Waals surface area contributed by atoms with E-state index >= 15 is 0 Å². The monoisotopic (exact) mass is 398 g/mol. The van der Waals surface area contributed by atoms with Crippen LogP contribution in [0, 0.1) is 5.92 Å². The van der Waals surface area contributed by atoms with Crippen molar-refractivity contribution in [3.05, 3.63) is 70.6 Å². The molecule has 0 fully saturated rings. The predicted octanol–water partition coefficient (Wildman–Crippen LogP) is 6.96. The van der Waals surface area contributed by atoms with Crippen LogP contribution in [0.15, 0.2) is 69.5 Å². The molecule has 4 heteroatoms. The summed E-state index contributed by atoms with van der Waals surface area (Å²) in [6, 6.07) is 2.03. The van der Waals surface area contributed by atoms with Gasteiger partial charge in [0, 0.05) is 0 Å². The average molecular weight is 399 g/mol. The Morgan fingerprint density at radius 1 is 1.17 bits per heavy atom. The maximum atomic E-state index is 11.4. The zero-order chi connectivity index (χ0) is 21.2. The van der Waals surface area contributed by atoms with Gasteiger partial charge in [-0.25, -0.2) is 4.79 Å². The molecule has 29 heavy (non-hydrogen) atoms. The van der Waals surface area contributed by atoms with E-state index in [-0.39, 0.29) is 17.3 Å². The van der Waals surface area contributed by atoms with Crippen molar-refractivity contribution < 1.29 is 19.1 Å². The van der Waals surface area contributed by atoms with E-state index in [0.717, 1.165) is 44.9 Å². The van der Waals surface area contributed by atoms with E-state index in [1.54, 1.807) is 13.2 Å². The van der Waals surface area contributed by atoms with Crippen LogP contribution in [0.25, 0.3) is 0 Å². The molecule has 0 radical (unpaired) electrons. The minimum Gasteiger partial charge on any atom is -0.504 e. The molecule has 2 rings (SSSR count). The number of carbonyl (C=O) groups is 1. The van der Waals surface area contributed by atoms with E-state index in [1.165, 1.54) is 16.7 Å². The number of carbonyl (C=O) groups excluding carboxylic acids is 1. The molecule has 1 unspecified atom stereocenters. The quantitative estimate of drug-likeness (QED) is 0.323. The Labute approximate surface area is 174 Å². The smallest absolute Gasteiger partial charge is 0.343 e. The van der Waals surface area contributed by atoms with E-state index < -0.39 is 5.97 Å². The Morgan fingerprint density at radius 3 is 2.55 bits per heavy atom. The van der Waals surface area contributed by atoms with Crippen LogP contribution in [-0.4, -0.2) is 11.1 Å². The molecule has 0 aliphatic carbocycles. The highest BCUT2D eigenvalue weighted by atomic mass is 16.6. The summed E-state index contributed by atoms with van der Waals surface area (Å²) in [6.07, 6.45) is 17.5. The molecular formula is C25H34O4. The number of aliphatic hydroxyl groups is 1. The summed E-state index contributed by atoms with van der Waals surface area (Å²) < 4.78 is 10.2. The number of hydrogen-bond acceptors (Lipinski definition) is 4. The first-order valence-electron chi connectivity index (χ1n) is 10.5. The standard InChI is InChI=1S/C25H34O4/c1-18(8-5-9-19(2)11-7-13-22-14-15-28-17-22)10-6-12-20(3)16-23-24(26)21(4)25(27)29-23/h9-10,14-17,20,26H,5-8,11-13H2,1-4H3/b18-10+,19-9+,23-16-. The van der Waals surface area contributed by atoms with Crippen molar-refractivity contribution in [1.29, 1.82) is 0 Å². The average Bonchev–Trinajstić information content (AvgIpc) is 3.27. The Hall–Kier alpha value is -2.49. The summed E-state index contributed by atoms with van der Waals surface area (Å²) in [4.78, 5) is 11.4. The lowest BCUT2D eigenvalue weighted by Gasteiger charge is -2.07. The van der Waals surface area contributed by atoms with Crippen LogP contribution in [0.1, 0.15) is 71.8 Å². The third-order valence-corrected chi connectivity index (χ3v) is 5.30. The first-order chi connectivity index (χ1) is 13.9. The lowest BCUT2D eigenvalue weighted by molar-refractivity contribution is -0.133. The zero-order valence-electron chi connectivity index (χ0n) is 18.2.